The lowest BCUT2D eigenvalue weighted by Gasteiger charge is -2.16. The predicted molar refractivity (Wildman–Crippen MR) is 290 cm³/mol. The summed E-state index contributed by atoms with van der Waals surface area (Å²) >= 11 is 0. The van der Waals surface area contributed by atoms with Crippen LogP contribution < -0.4 is 0 Å². The molecule has 0 aliphatic carbocycles. The first-order valence-electron chi connectivity index (χ1n) is 23.8. The highest BCUT2D eigenvalue weighted by Crippen LogP contribution is 2.44. The maximum Gasteiger partial charge on any atom is 0.163 e. The van der Waals surface area contributed by atoms with Crippen molar-refractivity contribution in [3.05, 3.63) is 243 Å². The van der Waals surface area contributed by atoms with Gasteiger partial charge in [-0.3, -0.25) is 9.13 Å². The van der Waals surface area contributed by atoms with Crippen LogP contribution in [0.3, 0.4) is 0 Å². The van der Waals surface area contributed by atoms with E-state index in [1.807, 2.05) is 0 Å². The maximum atomic E-state index is 5.67. The fourth-order valence-electron chi connectivity index (χ4n) is 11.4. The SMILES string of the molecule is c1ccc(-c2ccc(-c3nc(-n4c5ccccc5c5ccc6c7ccccc7n(-c7ccccc7)c6c54)cc(-n4c5ccccc5c5ccc6c7ccccc7n(-c7ccccc7)c6c54)n3)cc2)cc1. The normalized spacial score (nSPS) is 12.0. The lowest BCUT2D eigenvalue weighted by molar-refractivity contribution is 0.993. The van der Waals surface area contributed by atoms with Crippen LogP contribution in [-0.2, 0) is 0 Å². The number of nitrogens with zero attached hydrogens (tertiary/aromatic N) is 6. The van der Waals surface area contributed by atoms with Crippen LogP contribution in [0.5, 0.6) is 0 Å². The summed E-state index contributed by atoms with van der Waals surface area (Å²) in [4.78, 5) is 11.3. The van der Waals surface area contributed by atoms with E-state index in [4.69, 9.17) is 9.97 Å². The van der Waals surface area contributed by atoms with E-state index >= 15 is 0 Å². The van der Waals surface area contributed by atoms with Gasteiger partial charge in [-0.1, -0.05) is 188 Å². The molecule has 0 amide bonds. The molecule has 15 rings (SSSR count). The Morgan fingerprint density at radius 3 is 0.929 bits per heavy atom. The summed E-state index contributed by atoms with van der Waals surface area (Å²) in [5, 5.41) is 9.39. The Balaban J connectivity index is 1.11. The van der Waals surface area contributed by atoms with Crippen LogP contribution in [-0.4, -0.2) is 28.2 Å². The van der Waals surface area contributed by atoms with Crippen LogP contribution >= 0.6 is 0 Å². The van der Waals surface area contributed by atoms with Gasteiger partial charge in [0.2, 0.25) is 0 Å². The Hall–Kier alpha value is -9.52. The summed E-state index contributed by atoms with van der Waals surface area (Å²) in [5.74, 6) is 2.19. The highest BCUT2D eigenvalue weighted by atomic mass is 15.2. The summed E-state index contributed by atoms with van der Waals surface area (Å²) in [7, 11) is 0. The van der Waals surface area contributed by atoms with Crippen LogP contribution in [0.25, 0.3) is 133 Å². The first-order chi connectivity index (χ1) is 34.8. The highest BCUT2D eigenvalue weighted by Gasteiger charge is 2.26. The largest absolute Gasteiger partial charge is 0.307 e. The van der Waals surface area contributed by atoms with Crippen LogP contribution in [0.4, 0.5) is 0 Å². The van der Waals surface area contributed by atoms with E-state index in [1.54, 1.807) is 0 Å². The minimum absolute atomic E-state index is 0.635. The van der Waals surface area contributed by atoms with Gasteiger partial charge in [-0.2, -0.15) is 0 Å². The van der Waals surface area contributed by atoms with E-state index < -0.39 is 0 Å². The van der Waals surface area contributed by atoms with Crippen LogP contribution in [0, 0.1) is 0 Å². The Bertz CT molecular complexity index is 4310. The molecule has 0 saturated heterocycles. The molecule has 5 aromatic heterocycles. The van der Waals surface area contributed by atoms with Crippen molar-refractivity contribution in [2.75, 3.05) is 0 Å². The van der Waals surface area contributed by atoms with E-state index in [0.29, 0.717) is 5.82 Å². The van der Waals surface area contributed by atoms with Gasteiger partial charge in [0.15, 0.2) is 5.82 Å². The van der Waals surface area contributed by atoms with Gasteiger partial charge >= 0.3 is 0 Å². The Labute approximate surface area is 401 Å². The number of aromatic nitrogens is 6. The number of hydrogen-bond acceptors (Lipinski definition) is 2. The molecular formula is C64H40N6. The van der Waals surface area contributed by atoms with Gasteiger partial charge in [-0.25, -0.2) is 9.97 Å². The molecule has 70 heavy (non-hydrogen) atoms. The third-order valence-electron chi connectivity index (χ3n) is 14.4. The van der Waals surface area contributed by atoms with Gasteiger partial charge in [0.25, 0.3) is 0 Å². The zero-order valence-corrected chi connectivity index (χ0v) is 37.8. The fourth-order valence-corrected chi connectivity index (χ4v) is 11.4. The van der Waals surface area contributed by atoms with E-state index in [9.17, 15) is 0 Å². The third kappa shape index (κ3) is 5.56. The molecule has 0 atom stereocenters. The average molecular weight is 893 g/mol. The van der Waals surface area contributed by atoms with Gasteiger partial charge in [0.05, 0.1) is 44.1 Å². The van der Waals surface area contributed by atoms with Gasteiger partial charge < -0.3 is 9.13 Å². The summed E-state index contributed by atoms with van der Waals surface area (Å²) in [6.07, 6.45) is 0. The molecule has 6 heteroatoms. The minimum Gasteiger partial charge on any atom is -0.307 e. The van der Waals surface area contributed by atoms with Crippen LogP contribution in [0.1, 0.15) is 0 Å². The molecule has 0 spiro atoms. The average Bonchev–Trinajstić information content (AvgIpc) is 4.17. The molecule has 15 aromatic rings. The summed E-state index contributed by atoms with van der Waals surface area (Å²) in [6.45, 7) is 0. The zero-order valence-electron chi connectivity index (χ0n) is 37.8. The van der Waals surface area contributed by atoms with Crippen molar-refractivity contribution in [1.82, 2.24) is 28.2 Å². The van der Waals surface area contributed by atoms with Crippen molar-refractivity contribution in [3.8, 4) is 45.5 Å². The Morgan fingerprint density at radius 2 is 0.529 bits per heavy atom. The molecule has 0 aliphatic rings. The Kier molecular flexibility index (Phi) is 8.26. The molecular weight excluding hydrogens is 853 g/mol. The number of fused-ring (bicyclic) bond motifs is 14. The molecule has 0 bridgehead atoms. The van der Waals surface area contributed by atoms with Crippen molar-refractivity contribution in [1.29, 1.82) is 0 Å². The molecule has 0 unspecified atom stereocenters. The molecule has 0 fully saturated rings. The standard InChI is InChI=1S/C64H40N6/c1-4-18-41(19-5-1)42-32-34-43(35-33-42)64-65-58(69-56-30-16-12-26-48(56)52-38-36-50-46-24-10-14-28-54(46)67(60(50)62(52)69)44-20-6-2-7-21-44)40-59(66-64)70-57-31-17-13-27-49(57)53-39-37-51-47-25-11-15-29-55(47)68(61(51)63(53)70)45-22-8-3-9-23-45/h1-40H. The zero-order chi connectivity index (χ0) is 45.9. The van der Waals surface area contributed by atoms with Crippen LogP contribution in [0.15, 0.2) is 243 Å². The molecule has 0 saturated carbocycles. The highest BCUT2D eigenvalue weighted by molar-refractivity contribution is 6.25. The van der Waals surface area contributed by atoms with Crippen molar-refractivity contribution in [3.63, 3.8) is 0 Å². The monoisotopic (exact) mass is 892 g/mol. The second-order valence-corrected chi connectivity index (χ2v) is 18.1. The molecule has 10 aromatic carbocycles. The molecule has 6 nitrogen and oxygen atoms in total. The first kappa shape index (κ1) is 38.6. The molecule has 0 N–H and O–H groups in total. The van der Waals surface area contributed by atoms with Crippen molar-refractivity contribution < 1.29 is 0 Å². The van der Waals surface area contributed by atoms with E-state index in [0.717, 1.165) is 105 Å². The van der Waals surface area contributed by atoms with Crippen LogP contribution in [0.2, 0.25) is 0 Å². The fraction of sp³-hybridized carbons (Fsp3) is 0. The van der Waals surface area contributed by atoms with Gasteiger partial charge in [0, 0.05) is 66.1 Å². The summed E-state index contributed by atoms with van der Waals surface area (Å²) < 4.78 is 9.64. The topological polar surface area (TPSA) is 45.5 Å². The molecule has 0 aliphatic heterocycles. The predicted octanol–water partition coefficient (Wildman–Crippen LogP) is 16.2. The lowest BCUT2D eigenvalue weighted by Crippen LogP contribution is -2.07. The second-order valence-electron chi connectivity index (χ2n) is 18.1. The van der Waals surface area contributed by atoms with E-state index in [2.05, 4.69) is 261 Å². The first-order valence-corrected chi connectivity index (χ1v) is 23.8. The molecule has 326 valence electrons. The third-order valence-corrected chi connectivity index (χ3v) is 14.4. The van der Waals surface area contributed by atoms with Gasteiger partial charge in [0.1, 0.15) is 11.6 Å². The van der Waals surface area contributed by atoms with Crippen molar-refractivity contribution in [2.45, 2.75) is 0 Å². The minimum atomic E-state index is 0.635. The Morgan fingerprint density at radius 1 is 0.229 bits per heavy atom. The smallest absolute Gasteiger partial charge is 0.163 e. The maximum absolute atomic E-state index is 5.67. The van der Waals surface area contributed by atoms with Gasteiger partial charge in [-0.05, 0) is 59.7 Å². The number of para-hydroxylation sites is 6. The van der Waals surface area contributed by atoms with Crippen molar-refractivity contribution in [2.24, 2.45) is 0 Å². The van der Waals surface area contributed by atoms with E-state index in [-0.39, 0.29) is 0 Å². The second kappa shape index (κ2) is 15.0. The van der Waals surface area contributed by atoms with Crippen molar-refractivity contribution >= 4 is 87.2 Å². The summed E-state index contributed by atoms with van der Waals surface area (Å²) in [5.41, 5.74) is 14.3. The summed E-state index contributed by atoms with van der Waals surface area (Å²) in [6, 6.07) is 87.2. The number of hydrogen-bond donors (Lipinski definition) is 0. The molecule has 0 radical (unpaired) electrons. The number of rotatable bonds is 6. The van der Waals surface area contributed by atoms with Gasteiger partial charge in [-0.15, -0.1) is 0 Å². The molecule has 5 heterocycles. The van der Waals surface area contributed by atoms with E-state index in [1.165, 1.54) is 21.5 Å². The lowest BCUT2D eigenvalue weighted by atomic mass is 10.0. The number of benzene rings is 10. The quantitative estimate of drug-likeness (QED) is 0.167.